The van der Waals surface area contributed by atoms with E-state index < -0.39 is 10.0 Å². The number of ether oxygens (including phenoxy) is 1. The van der Waals surface area contributed by atoms with E-state index >= 15 is 0 Å². The maximum Gasteiger partial charge on any atom is 0.251 e. The molecule has 0 aromatic heterocycles. The van der Waals surface area contributed by atoms with E-state index in [1.807, 2.05) is 0 Å². The lowest BCUT2D eigenvalue weighted by Crippen LogP contribution is -2.48. The summed E-state index contributed by atoms with van der Waals surface area (Å²) in [6, 6.07) is 6.07. The van der Waals surface area contributed by atoms with Crippen molar-refractivity contribution >= 4 is 15.9 Å². The Kier molecular flexibility index (Phi) is 7.16. The molecule has 146 valence electrons. The maximum atomic E-state index is 12.4. The van der Waals surface area contributed by atoms with E-state index in [4.69, 9.17) is 4.74 Å². The second kappa shape index (κ2) is 8.94. The first-order valence-electron chi connectivity index (χ1n) is 8.85. The Balaban J connectivity index is 1.96. The van der Waals surface area contributed by atoms with E-state index in [1.54, 1.807) is 12.1 Å². The Morgan fingerprint density at radius 2 is 2.12 bits per heavy atom. The van der Waals surface area contributed by atoms with Crippen molar-refractivity contribution in [2.75, 3.05) is 46.9 Å². The van der Waals surface area contributed by atoms with Crippen LogP contribution in [0.4, 0.5) is 0 Å². The number of morpholine rings is 1. The molecule has 0 bridgehead atoms. The molecule has 1 heterocycles. The van der Waals surface area contributed by atoms with Crippen LogP contribution < -0.4 is 5.32 Å². The normalized spacial score (nSPS) is 19.1. The summed E-state index contributed by atoms with van der Waals surface area (Å²) in [4.78, 5) is 14.9. The van der Waals surface area contributed by atoms with Gasteiger partial charge in [-0.05, 0) is 24.1 Å². The van der Waals surface area contributed by atoms with Crippen molar-refractivity contribution in [3.63, 3.8) is 0 Å². The molecular formula is C18H29N3O4S. The lowest BCUT2D eigenvalue weighted by Gasteiger charge is -2.33. The van der Waals surface area contributed by atoms with Crippen LogP contribution in [0.25, 0.3) is 0 Å². The second-order valence-electron chi connectivity index (χ2n) is 7.17. The minimum atomic E-state index is -3.57. The highest BCUT2D eigenvalue weighted by atomic mass is 32.2. The zero-order valence-electron chi connectivity index (χ0n) is 15.9. The molecule has 0 radical (unpaired) electrons. The van der Waals surface area contributed by atoms with Crippen LogP contribution in [0.15, 0.2) is 29.2 Å². The number of carbonyl (C=O) groups is 1. The van der Waals surface area contributed by atoms with Gasteiger partial charge in [0, 0.05) is 45.8 Å². The average Bonchev–Trinajstić information content (AvgIpc) is 2.59. The molecule has 1 amide bonds. The summed E-state index contributed by atoms with van der Waals surface area (Å²) in [5, 5.41) is 2.85. The maximum absolute atomic E-state index is 12.4. The van der Waals surface area contributed by atoms with Crippen molar-refractivity contribution in [1.82, 2.24) is 14.5 Å². The average molecular weight is 384 g/mol. The molecular weight excluding hydrogens is 354 g/mol. The molecule has 2 rings (SSSR count). The molecule has 1 atom stereocenters. The van der Waals surface area contributed by atoms with Crippen molar-refractivity contribution in [3.05, 3.63) is 29.8 Å². The van der Waals surface area contributed by atoms with Gasteiger partial charge in [0.2, 0.25) is 10.0 Å². The van der Waals surface area contributed by atoms with Gasteiger partial charge < -0.3 is 10.1 Å². The third kappa shape index (κ3) is 5.51. The summed E-state index contributed by atoms with van der Waals surface area (Å²) in [6.45, 7) is 8.13. The first-order chi connectivity index (χ1) is 12.2. The van der Waals surface area contributed by atoms with E-state index in [0.29, 0.717) is 24.6 Å². The van der Waals surface area contributed by atoms with E-state index in [0.717, 1.165) is 23.9 Å². The Morgan fingerprint density at radius 1 is 1.38 bits per heavy atom. The molecule has 1 fully saturated rings. The Bertz CT molecular complexity index is 719. The van der Waals surface area contributed by atoms with Crippen LogP contribution >= 0.6 is 0 Å². The smallest absolute Gasteiger partial charge is 0.251 e. The Hall–Kier alpha value is -1.48. The molecule has 0 spiro atoms. The van der Waals surface area contributed by atoms with Crippen LogP contribution in [-0.2, 0) is 14.8 Å². The first kappa shape index (κ1) is 20.8. The van der Waals surface area contributed by atoms with Crippen LogP contribution in [0.2, 0.25) is 0 Å². The molecule has 26 heavy (non-hydrogen) atoms. The molecule has 1 N–H and O–H groups in total. The number of hydrogen-bond donors (Lipinski definition) is 1. The van der Waals surface area contributed by atoms with Gasteiger partial charge in [-0.1, -0.05) is 19.9 Å². The zero-order chi connectivity index (χ0) is 19.3. The first-order valence-corrected chi connectivity index (χ1v) is 10.3. The van der Waals surface area contributed by atoms with Crippen LogP contribution in [0.3, 0.4) is 0 Å². The Labute approximate surface area is 156 Å². The van der Waals surface area contributed by atoms with Gasteiger partial charge in [0.15, 0.2) is 0 Å². The van der Waals surface area contributed by atoms with Crippen molar-refractivity contribution in [2.24, 2.45) is 5.92 Å². The SMILES string of the molecule is CC(C)CN1CCO[C@H](CNC(=O)c2cccc(S(=O)(=O)N(C)C)c2)C1. The van der Waals surface area contributed by atoms with E-state index in [-0.39, 0.29) is 16.9 Å². The summed E-state index contributed by atoms with van der Waals surface area (Å²) in [7, 11) is -0.638. The predicted octanol–water partition coefficient (Wildman–Crippen LogP) is 1.02. The molecule has 0 saturated carbocycles. The van der Waals surface area contributed by atoms with E-state index in [2.05, 4.69) is 24.1 Å². The van der Waals surface area contributed by atoms with Gasteiger partial charge >= 0.3 is 0 Å². The third-order valence-electron chi connectivity index (χ3n) is 4.21. The number of nitrogens with one attached hydrogen (secondary N) is 1. The largest absolute Gasteiger partial charge is 0.374 e. The number of nitrogens with zero attached hydrogens (tertiary/aromatic N) is 2. The Morgan fingerprint density at radius 3 is 2.77 bits per heavy atom. The standard InChI is InChI=1S/C18H29N3O4S/c1-14(2)12-21-8-9-25-16(13-21)11-19-18(22)15-6-5-7-17(10-15)26(23,24)20(3)4/h5-7,10,14,16H,8-9,11-13H2,1-4H3,(H,19,22)/t16-/m1/s1. The number of hydrogen-bond acceptors (Lipinski definition) is 5. The molecule has 1 aromatic carbocycles. The van der Waals surface area contributed by atoms with Gasteiger partial charge in [-0.25, -0.2) is 12.7 Å². The van der Waals surface area contributed by atoms with Gasteiger partial charge in [0.25, 0.3) is 5.91 Å². The highest BCUT2D eigenvalue weighted by Gasteiger charge is 2.22. The molecule has 7 nitrogen and oxygen atoms in total. The number of carbonyl (C=O) groups excluding carboxylic acids is 1. The molecule has 1 aliphatic heterocycles. The fraction of sp³-hybridized carbons (Fsp3) is 0.611. The number of sulfonamides is 1. The van der Waals surface area contributed by atoms with Gasteiger partial charge in [-0.3, -0.25) is 9.69 Å². The predicted molar refractivity (Wildman–Crippen MR) is 101 cm³/mol. The van der Waals surface area contributed by atoms with Crippen molar-refractivity contribution < 1.29 is 17.9 Å². The van der Waals surface area contributed by atoms with Crippen molar-refractivity contribution in [2.45, 2.75) is 24.8 Å². The molecule has 0 aliphatic carbocycles. The quantitative estimate of drug-likeness (QED) is 0.761. The van der Waals surface area contributed by atoms with Crippen molar-refractivity contribution in [3.8, 4) is 0 Å². The summed E-state index contributed by atoms with van der Waals surface area (Å²) < 4.78 is 31.3. The third-order valence-corrected chi connectivity index (χ3v) is 6.02. The lowest BCUT2D eigenvalue weighted by atomic mass is 10.1. The number of rotatable bonds is 7. The minimum absolute atomic E-state index is 0.0554. The van der Waals surface area contributed by atoms with Crippen molar-refractivity contribution in [1.29, 1.82) is 0 Å². The van der Waals surface area contributed by atoms with Gasteiger partial charge in [-0.15, -0.1) is 0 Å². The summed E-state index contributed by atoms with van der Waals surface area (Å²) >= 11 is 0. The molecule has 1 aromatic rings. The fourth-order valence-corrected chi connectivity index (χ4v) is 3.85. The summed E-state index contributed by atoms with van der Waals surface area (Å²) in [6.07, 6.45) is -0.0554. The monoisotopic (exact) mass is 383 g/mol. The van der Waals surface area contributed by atoms with Crippen LogP contribution in [0, 0.1) is 5.92 Å². The topological polar surface area (TPSA) is 79.0 Å². The van der Waals surface area contributed by atoms with Crippen LogP contribution in [-0.4, -0.2) is 76.5 Å². The summed E-state index contributed by atoms with van der Waals surface area (Å²) in [5.74, 6) is 0.287. The molecule has 1 saturated heterocycles. The highest BCUT2D eigenvalue weighted by Crippen LogP contribution is 2.15. The lowest BCUT2D eigenvalue weighted by molar-refractivity contribution is -0.0295. The van der Waals surface area contributed by atoms with Gasteiger partial charge in [0.1, 0.15) is 0 Å². The van der Waals surface area contributed by atoms with Gasteiger partial charge in [0.05, 0.1) is 17.6 Å². The fourth-order valence-electron chi connectivity index (χ4n) is 2.90. The highest BCUT2D eigenvalue weighted by molar-refractivity contribution is 7.89. The molecule has 1 aliphatic rings. The zero-order valence-corrected chi connectivity index (χ0v) is 16.8. The minimum Gasteiger partial charge on any atom is -0.374 e. The van der Waals surface area contributed by atoms with Crippen LogP contribution in [0.1, 0.15) is 24.2 Å². The number of benzene rings is 1. The summed E-state index contributed by atoms with van der Waals surface area (Å²) in [5.41, 5.74) is 0.322. The van der Waals surface area contributed by atoms with E-state index in [1.165, 1.54) is 26.2 Å². The number of amides is 1. The molecule has 0 unspecified atom stereocenters. The second-order valence-corrected chi connectivity index (χ2v) is 9.32. The van der Waals surface area contributed by atoms with E-state index in [9.17, 15) is 13.2 Å². The van der Waals surface area contributed by atoms with Gasteiger partial charge in [-0.2, -0.15) is 0 Å². The molecule has 8 heteroatoms. The van der Waals surface area contributed by atoms with Crippen LogP contribution in [0.5, 0.6) is 0 Å².